The van der Waals surface area contributed by atoms with E-state index < -0.39 is 0 Å². The van der Waals surface area contributed by atoms with Crippen molar-refractivity contribution in [3.63, 3.8) is 0 Å². The molecule has 0 saturated heterocycles. The van der Waals surface area contributed by atoms with Gasteiger partial charge in [0.1, 0.15) is 0 Å². The molecule has 13 heavy (non-hydrogen) atoms. The van der Waals surface area contributed by atoms with E-state index in [2.05, 4.69) is 22.4 Å². The maximum Gasteiger partial charge on any atom is 0.0372 e. The van der Waals surface area contributed by atoms with Crippen molar-refractivity contribution >= 4 is 0 Å². The summed E-state index contributed by atoms with van der Waals surface area (Å²) in [6.07, 6.45) is 3.35. The summed E-state index contributed by atoms with van der Waals surface area (Å²) in [5.41, 5.74) is 2.51. The first-order chi connectivity index (χ1) is 6.31. The number of hydrogen-bond acceptors (Lipinski definition) is 2. The SMILES string of the molecule is CNCC1CC1c1ccc(C)nc1. The first-order valence-electron chi connectivity index (χ1n) is 4.88. The number of aryl methyl sites for hydroxylation is 1. The van der Waals surface area contributed by atoms with E-state index in [1.165, 1.54) is 12.0 Å². The topological polar surface area (TPSA) is 24.9 Å². The van der Waals surface area contributed by atoms with E-state index >= 15 is 0 Å². The third-order valence-electron chi connectivity index (χ3n) is 2.75. The second-order valence-electron chi connectivity index (χ2n) is 3.89. The molecule has 1 aliphatic carbocycles. The zero-order valence-electron chi connectivity index (χ0n) is 8.25. The molecule has 1 aromatic rings. The van der Waals surface area contributed by atoms with E-state index in [4.69, 9.17) is 0 Å². The molecule has 1 N–H and O–H groups in total. The second kappa shape index (κ2) is 3.46. The minimum absolute atomic E-state index is 0.764. The normalized spacial score (nSPS) is 26.0. The van der Waals surface area contributed by atoms with Crippen molar-refractivity contribution < 1.29 is 0 Å². The fourth-order valence-corrected chi connectivity index (χ4v) is 1.84. The second-order valence-corrected chi connectivity index (χ2v) is 3.89. The molecule has 2 rings (SSSR count). The van der Waals surface area contributed by atoms with Crippen LogP contribution in [0, 0.1) is 12.8 Å². The van der Waals surface area contributed by atoms with E-state index in [0.29, 0.717) is 0 Å². The van der Waals surface area contributed by atoms with E-state index in [-0.39, 0.29) is 0 Å². The van der Waals surface area contributed by atoms with Crippen LogP contribution in [-0.2, 0) is 0 Å². The Kier molecular flexibility index (Phi) is 2.32. The van der Waals surface area contributed by atoms with Crippen LogP contribution in [0.25, 0.3) is 0 Å². The van der Waals surface area contributed by atoms with Crippen LogP contribution in [0.4, 0.5) is 0 Å². The molecule has 70 valence electrons. The minimum atomic E-state index is 0.764. The monoisotopic (exact) mass is 176 g/mol. The van der Waals surface area contributed by atoms with Crippen LogP contribution in [0.2, 0.25) is 0 Å². The smallest absolute Gasteiger partial charge is 0.0372 e. The van der Waals surface area contributed by atoms with Gasteiger partial charge in [-0.15, -0.1) is 0 Å². The van der Waals surface area contributed by atoms with Gasteiger partial charge in [-0.25, -0.2) is 0 Å². The lowest BCUT2D eigenvalue weighted by Crippen LogP contribution is -2.10. The molecule has 1 aliphatic rings. The van der Waals surface area contributed by atoms with Gasteiger partial charge in [0.25, 0.3) is 0 Å². The predicted molar refractivity (Wildman–Crippen MR) is 53.7 cm³/mol. The lowest BCUT2D eigenvalue weighted by Gasteiger charge is -1.99. The van der Waals surface area contributed by atoms with E-state index in [9.17, 15) is 0 Å². The van der Waals surface area contributed by atoms with Crippen LogP contribution in [0.3, 0.4) is 0 Å². The van der Waals surface area contributed by atoms with Gasteiger partial charge in [0.15, 0.2) is 0 Å². The Morgan fingerprint density at radius 1 is 1.54 bits per heavy atom. The van der Waals surface area contributed by atoms with Gasteiger partial charge in [-0.05, 0) is 50.4 Å². The fourth-order valence-electron chi connectivity index (χ4n) is 1.84. The summed E-state index contributed by atoms with van der Waals surface area (Å²) in [7, 11) is 2.02. The Morgan fingerprint density at radius 3 is 3.00 bits per heavy atom. The number of rotatable bonds is 3. The van der Waals surface area contributed by atoms with Crippen LogP contribution >= 0.6 is 0 Å². The summed E-state index contributed by atoms with van der Waals surface area (Å²) >= 11 is 0. The number of nitrogens with one attached hydrogen (secondary N) is 1. The van der Waals surface area contributed by atoms with Crippen molar-refractivity contribution in [2.45, 2.75) is 19.3 Å². The van der Waals surface area contributed by atoms with Crippen LogP contribution in [0.1, 0.15) is 23.6 Å². The van der Waals surface area contributed by atoms with Crippen LogP contribution in [0.5, 0.6) is 0 Å². The zero-order chi connectivity index (χ0) is 9.26. The average Bonchev–Trinajstić information content (AvgIpc) is 2.86. The molecule has 1 fully saturated rings. The van der Waals surface area contributed by atoms with E-state index in [0.717, 1.165) is 24.1 Å². The molecule has 1 aromatic heterocycles. The number of aromatic nitrogens is 1. The fraction of sp³-hybridized carbons (Fsp3) is 0.545. The van der Waals surface area contributed by atoms with Gasteiger partial charge in [0, 0.05) is 11.9 Å². The zero-order valence-corrected chi connectivity index (χ0v) is 8.25. The van der Waals surface area contributed by atoms with Crippen molar-refractivity contribution in [1.29, 1.82) is 0 Å². The molecule has 1 heterocycles. The maximum absolute atomic E-state index is 4.31. The van der Waals surface area contributed by atoms with Crippen molar-refractivity contribution in [2.24, 2.45) is 5.92 Å². The van der Waals surface area contributed by atoms with Gasteiger partial charge < -0.3 is 5.32 Å². The molecule has 0 radical (unpaired) electrons. The van der Waals surface area contributed by atoms with Gasteiger partial charge in [-0.1, -0.05) is 6.07 Å². The van der Waals surface area contributed by atoms with Gasteiger partial charge in [-0.3, -0.25) is 4.98 Å². The molecule has 0 aromatic carbocycles. The number of hydrogen-bond donors (Lipinski definition) is 1. The maximum atomic E-state index is 4.31. The first-order valence-corrected chi connectivity index (χ1v) is 4.88. The predicted octanol–water partition coefficient (Wildman–Crippen LogP) is 1.71. The van der Waals surface area contributed by atoms with Crippen molar-refractivity contribution in [1.82, 2.24) is 10.3 Å². The minimum Gasteiger partial charge on any atom is -0.319 e. The Morgan fingerprint density at radius 2 is 2.38 bits per heavy atom. The molecular weight excluding hydrogens is 160 g/mol. The third kappa shape index (κ3) is 1.89. The van der Waals surface area contributed by atoms with Gasteiger partial charge in [0.05, 0.1) is 0 Å². The van der Waals surface area contributed by atoms with Crippen molar-refractivity contribution in [2.75, 3.05) is 13.6 Å². The highest BCUT2D eigenvalue weighted by Gasteiger charge is 2.37. The van der Waals surface area contributed by atoms with Gasteiger partial charge in [0.2, 0.25) is 0 Å². The Balaban J connectivity index is 2.00. The molecule has 2 atom stereocenters. The average molecular weight is 176 g/mol. The molecule has 2 unspecified atom stereocenters. The molecule has 0 aliphatic heterocycles. The highest BCUT2D eigenvalue weighted by Crippen LogP contribution is 2.46. The molecule has 0 spiro atoms. The summed E-state index contributed by atoms with van der Waals surface area (Å²) in [5.74, 6) is 1.61. The van der Waals surface area contributed by atoms with Gasteiger partial charge >= 0.3 is 0 Å². The molecule has 0 amide bonds. The number of pyridine rings is 1. The highest BCUT2D eigenvalue weighted by atomic mass is 14.8. The molecular formula is C11H16N2. The summed E-state index contributed by atoms with van der Waals surface area (Å²) < 4.78 is 0. The van der Waals surface area contributed by atoms with E-state index in [1.807, 2.05) is 20.2 Å². The Bertz CT molecular complexity index is 279. The third-order valence-corrected chi connectivity index (χ3v) is 2.75. The molecule has 0 bridgehead atoms. The van der Waals surface area contributed by atoms with E-state index in [1.54, 1.807) is 0 Å². The Hall–Kier alpha value is -0.890. The number of nitrogens with zero attached hydrogens (tertiary/aromatic N) is 1. The Labute approximate surface area is 79.4 Å². The molecule has 2 nitrogen and oxygen atoms in total. The highest BCUT2D eigenvalue weighted by molar-refractivity contribution is 5.24. The molecule has 2 heteroatoms. The lowest BCUT2D eigenvalue weighted by atomic mass is 10.1. The largest absolute Gasteiger partial charge is 0.319 e. The van der Waals surface area contributed by atoms with Crippen LogP contribution < -0.4 is 5.32 Å². The quantitative estimate of drug-likeness (QED) is 0.758. The van der Waals surface area contributed by atoms with Crippen molar-refractivity contribution in [3.05, 3.63) is 29.6 Å². The standard InChI is InChI=1S/C11H16N2/c1-8-3-4-9(7-13-8)11-5-10(11)6-12-2/h3-4,7,10-12H,5-6H2,1-2H3. The van der Waals surface area contributed by atoms with Crippen LogP contribution in [0.15, 0.2) is 18.3 Å². The first kappa shape index (κ1) is 8.70. The summed E-state index contributed by atoms with van der Waals surface area (Å²) in [5, 5.41) is 3.22. The van der Waals surface area contributed by atoms with Crippen molar-refractivity contribution in [3.8, 4) is 0 Å². The van der Waals surface area contributed by atoms with Crippen LogP contribution in [-0.4, -0.2) is 18.6 Å². The lowest BCUT2D eigenvalue weighted by molar-refractivity contribution is 0.697. The van der Waals surface area contributed by atoms with Gasteiger partial charge in [-0.2, -0.15) is 0 Å². The summed E-state index contributed by atoms with van der Waals surface area (Å²) in [6, 6.07) is 4.31. The summed E-state index contributed by atoms with van der Waals surface area (Å²) in [6.45, 7) is 3.17. The summed E-state index contributed by atoms with van der Waals surface area (Å²) in [4.78, 5) is 4.31. The molecule has 1 saturated carbocycles.